The number of aliphatic hydroxyl groups excluding tert-OH is 1. The first kappa shape index (κ1) is 14.7. The second kappa shape index (κ2) is 5.94. The smallest absolute Gasteiger partial charge is 0.414 e. The van der Waals surface area contributed by atoms with Crippen molar-refractivity contribution in [1.82, 2.24) is 4.98 Å². The molecule has 0 radical (unpaired) electrons. The Hall–Kier alpha value is -2.92. The van der Waals surface area contributed by atoms with Crippen LogP contribution in [0.5, 0.6) is 0 Å². The Bertz CT molecular complexity index is 896. The number of amides is 1. The minimum Gasteiger partial charge on any atom is -0.441 e. The average molecular weight is 320 g/mol. The monoisotopic (exact) mass is 320 g/mol. The highest BCUT2D eigenvalue weighted by Crippen LogP contribution is 2.32. The van der Waals surface area contributed by atoms with Gasteiger partial charge in [0.15, 0.2) is 0 Å². The van der Waals surface area contributed by atoms with Gasteiger partial charge >= 0.3 is 6.09 Å². The van der Waals surface area contributed by atoms with Crippen LogP contribution in [0.3, 0.4) is 0 Å². The molecule has 1 unspecified atom stereocenters. The van der Waals surface area contributed by atoms with Crippen molar-refractivity contribution in [1.29, 1.82) is 0 Å². The summed E-state index contributed by atoms with van der Waals surface area (Å²) in [6, 6.07) is 17.7. The van der Waals surface area contributed by atoms with Gasteiger partial charge in [-0.15, -0.1) is 0 Å². The molecule has 0 aliphatic carbocycles. The lowest BCUT2D eigenvalue weighted by Crippen LogP contribution is -2.25. The molecule has 2 aromatic carbocycles. The molecule has 1 aromatic heterocycles. The number of carbonyl (C=O) groups excluding carboxylic acids is 1. The van der Waals surface area contributed by atoms with Crippen LogP contribution in [0.1, 0.15) is 0 Å². The van der Waals surface area contributed by atoms with Crippen molar-refractivity contribution >= 4 is 22.6 Å². The topological polar surface area (TPSA) is 62.7 Å². The fourth-order valence-corrected chi connectivity index (χ4v) is 3.00. The van der Waals surface area contributed by atoms with Crippen LogP contribution < -0.4 is 4.90 Å². The van der Waals surface area contributed by atoms with Gasteiger partial charge < -0.3 is 9.84 Å². The Labute approximate surface area is 139 Å². The molecule has 2 heterocycles. The summed E-state index contributed by atoms with van der Waals surface area (Å²) in [6.45, 7) is 0.175. The summed E-state index contributed by atoms with van der Waals surface area (Å²) in [7, 11) is 0. The SMILES string of the molecule is O=C1OC(CO)CN1c1cccc2ccc(-c3ccccn3)cc12. The molecule has 1 N–H and O–H groups in total. The second-order valence-electron chi connectivity index (χ2n) is 5.73. The number of rotatable bonds is 3. The first-order chi connectivity index (χ1) is 11.8. The number of anilines is 1. The molecule has 0 spiro atoms. The third kappa shape index (κ3) is 2.49. The zero-order chi connectivity index (χ0) is 16.5. The molecule has 0 bridgehead atoms. The minimum absolute atomic E-state index is 0.174. The van der Waals surface area contributed by atoms with Crippen molar-refractivity contribution < 1.29 is 14.6 Å². The van der Waals surface area contributed by atoms with E-state index in [1.807, 2.05) is 54.6 Å². The highest BCUT2D eigenvalue weighted by atomic mass is 16.6. The van der Waals surface area contributed by atoms with Gasteiger partial charge in [0.1, 0.15) is 6.10 Å². The van der Waals surface area contributed by atoms with Crippen LogP contribution in [-0.4, -0.2) is 35.4 Å². The van der Waals surface area contributed by atoms with E-state index in [9.17, 15) is 9.90 Å². The molecule has 1 aliphatic rings. The number of aliphatic hydroxyl groups is 1. The fourth-order valence-electron chi connectivity index (χ4n) is 3.00. The van der Waals surface area contributed by atoms with E-state index < -0.39 is 12.2 Å². The van der Waals surface area contributed by atoms with Gasteiger partial charge in [0.05, 0.1) is 24.5 Å². The lowest BCUT2D eigenvalue weighted by molar-refractivity contribution is 0.0963. The van der Waals surface area contributed by atoms with Crippen LogP contribution in [0.25, 0.3) is 22.0 Å². The molecule has 24 heavy (non-hydrogen) atoms. The highest BCUT2D eigenvalue weighted by Gasteiger charge is 2.32. The zero-order valence-corrected chi connectivity index (χ0v) is 12.9. The summed E-state index contributed by atoms with van der Waals surface area (Å²) < 4.78 is 5.17. The number of fused-ring (bicyclic) bond motifs is 1. The predicted octanol–water partition coefficient (Wildman–Crippen LogP) is 3.22. The van der Waals surface area contributed by atoms with Crippen LogP contribution in [-0.2, 0) is 4.74 Å². The lowest BCUT2D eigenvalue weighted by Gasteiger charge is -2.16. The Morgan fingerprint density at radius 3 is 2.83 bits per heavy atom. The Kier molecular flexibility index (Phi) is 3.63. The van der Waals surface area contributed by atoms with Crippen LogP contribution in [0, 0.1) is 0 Å². The molecule has 4 rings (SSSR count). The number of hydrogen-bond acceptors (Lipinski definition) is 4. The number of carbonyl (C=O) groups is 1. The standard InChI is InChI=1S/C19H16N2O3/c22-12-15-11-21(19(23)24-15)18-6-3-4-13-7-8-14(10-16(13)18)17-5-1-2-9-20-17/h1-10,15,22H,11-12H2. The van der Waals surface area contributed by atoms with Gasteiger partial charge in [0.25, 0.3) is 0 Å². The van der Waals surface area contributed by atoms with Gasteiger partial charge in [-0.25, -0.2) is 4.79 Å². The van der Waals surface area contributed by atoms with Crippen molar-refractivity contribution in [2.45, 2.75) is 6.10 Å². The molecule has 120 valence electrons. The average Bonchev–Trinajstić information content (AvgIpc) is 3.02. The molecule has 5 nitrogen and oxygen atoms in total. The van der Waals surface area contributed by atoms with E-state index in [0.717, 1.165) is 27.7 Å². The van der Waals surface area contributed by atoms with Crippen molar-refractivity contribution in [3.8, 4) is 11.3 Å². The normalized spacial score (nSPS) is 17.3. The summed E-state index contributed by atoms with van der Waals surface area (Å²) in [5, 5.41) is 11.2. The molecule has 1 saturated heterocycles. The number of ether oxygens (including phenoxy) is 1. The summed E-state index contributed by atoms with van der Waals surface area (Å²) in [4.78, 5) is 18.1. The largest absolute Gasteiger partial charge is 0.441 e. The van der Waals surface area contributed by atoms with E-state index in [0.29, 0.717) is 6.54 Å². The van der Waals surface area contributed by atoms with Gasteiger partial charge in [-0.1, -0.05) is 30.3 Å². The summed E-state index contributed by atoms with van der Waals surface area (Å²) >= 11 is 0. The van der Waals surface area contributed by atoms with Crippen LogP contribution in [0.2, 0.25) is 0 Å². The van der Waals surface area contributed by atoms with Crippen LogP contribution in [0.15, 0.2) is 60.8 Å². The maximum absolute atomic E-state index is 12.1. The van der Waals surface area contributed by atoms with Gasteiger partial charge in [-0.05, 0) is 29.7 Å². The number of aromatic nitrogens is 1. The van der Waals surface area contributed by atoms with Crippen molar-refractivity contribution in [2.24, 2.45) is 0 Å². The predicted molar refractivity (Wildman–Crippen MR) is 91.9 cm³/mol. The molecular weight excluding hydrogens is 304 g/mol. The summed E-state index contributed by atoms with van der Waals surface area (Å²) in [5.41, 5.74) is 2.65. The molecule has 1 aliphatic heterocycles. The third-order valence-electron chi connectivity index (χ3n) is 4.19. The number of benzene rings is 2. The number of nitrogens with zero attached hydrogens (tertiary/aromatic N) is 2. The number of pyridine rings is 1. The summed E-state index contributed by atoms with van der Waals surface area (Å²) in [5.74, 6) is 0. The van der Waals surface area contributed by atoms with E-state index in [1.54, 1.807) is 11.1 Å². The highest BCUT2D eigenvalue weighted by molar-refractivity contribution is 6.03. The quantitative estimate of drug-likeness (QED) is 0.805. The van der Waals surface area contributed by atoms with Gasteiger partial charge in [0.2, 0.25) is 0 Å². The number of hydrogen-bond donors (Lipinski definition) is 1. The summed E-state index contributed by atoms with van der Waals surface area (Å²) in [6.07, 6.45) is 0.853. The van der Waals surface area contributed by atoms with Crippen molar-refractivity contribution in [3.05, 3.63) is 60.8 Å². The minimum atomic E-state index is -0.480. The first-order valence-corrected chi connectivity index (χ1v) is 7.79. The Morgan fingerprint density at radius 1 is 1.17 bits per heavy atom. The third-order valence-corrected chi connectivity index (χ3v) is 4.19. The molecule has 1 amide bonds. The molecule has 0 saturated carbocycles. The number of cyclic esters (lactones) is 1. The van der Waals surface area contributed by atoms with E-state index in [2.05, 4.69) is 4.98 Å². The lowest BCUT2D eigenvalue weighted by atomic mass is 10.0. The molecular formula is C19H16N2O3. The Morgan fingerprint density at radius 2 is 2.08 bits per heavy atom. The van der Waals surface area contributed by atoms with Gasteiger partial charge in [-0.2, -0.15) is 0 Å². The second-order valence-corrected chi connectivity index (χ2v) is 5.73. The van der Waals surface area contributed by atoms with Crippen LogP contribution >= 0.6 is 0 Å². The first-order valence-electron chi connectivity index (χ1n) is 7.79. The van der Waals surface area contributed by atoms with Crippen molar-refractivity contribution in [3.63, 3.8) is 0 Å². The van der Waals surface area contributed by atoms with Gasteiger partial charge in [0, 0.05) is 17.1 Å². The fraction of sp³-hybridized carbons (Fsp3) is 0.158. The molecule has 3 aromatic rings. The molecule has 5 heteroatoms. The maximum Gasteiger partial charge on any atom is 0.414 e. The van der Waals surface area contributed by atoms with E-state index in [4.69, 9.17) is 4.74 Å². The van der Waals surface area contributed by atoms with Crippen LogP contribution in [0.4, 0.5) is 10.5 Å². The molecule has 1 fully saturated rings. The molecule has 1 atom stereocenters. The van der Waals surface area contributed by atoms with E-state index in [1.165, 1.54) is 0 Å². The van der Waals surface area contributed by atoms with Crippen molar-refractivity contribution in [2.75, 3.05) is 18.1 Å². The maximum atomic E-state index is 12.1. The zero-order valence-electron chi connectivity index (χ0n) is 12.9. The Balaban J connectivity index is 1.83. The van der Waals surface area contributed by atoms with Gasteiger partial charge in [-0.3, -0.25) is 9.88 Å². The van der Waals surface area contributed by atoms with E-state index in [-0.39, 0.29) is 6.61 Å². The van der Waals surface area contributed by atoms with E-state index >= 15 is 0 Å².